The van der Waals surface area contributed by atoms with Gasteiger partial charge in [0, 0.05) is 18.8 Å². The van der Waals surface area contributed by atoms with Crippen molar-refractivity contribution < 1.29 is 18.0 Å². The van der Waals surface area contributed by atoms with Crippen LogP contribution in [0, 0.1) is 0 Å². The molecular formula is C13H11F3N4O. The Labute approximate surface area is 118 Å². The van der Waals surface area contributed by atoms with Crippen LogP contribution in [-0.4, -0.2) is 22.9 Å². The molecule has 21 heavy (non-hydrogen) atoms. The largest absolute Gasteiger partial charge is 0.433 e. The highest BCUT2D eigenvalue weighted by Gasteiger charge is 2.32. The number of nitrogens with zero attached hydrogens (tertiary/aromatic N) is 2. The molecule has 0 spiro atoms. The van der Waals surface area contributed by atoms with Gasteiger partial charge in [-0.1, -0.05) is 0 Å². The lowest BCUT2D eigenvalue weighted by Gasteiger charge is -2.08. The average Bonchev–Trinajstić information content (AvgIpc) is 2.47. The number of nitrogens with one attached hydrogen (secondary N) is 2. The minimum Gasteiger partial charge on any atom is -0.373 e. The molecule has 1 amide bonds. The molecule has 0 saturated heterocycles. The Morgan fingerprint density at radius 2 is 1.95 bits per heavy atom. The minimum absolute atomic E-state index is 0.177. The van der Waals surface area contributed by atoms with Crippen LogP contribution in [-0.2, 0) is 6.18 Å². The zero-order valence-corrected chi connectivity index (χ0v) is 10.9. The first-order chi connectivity index (χ1) is 9.90. The third kappa shape index (κ3) is 3.68. The summed E-state index contributed by atoms with van der Waals surface area (Å²) < 4.78 is 37.1. The quantitative estimate of drug-likeness (QED) is 0.914. The summed E-state index contributed by atoms with van der Waals surface area (Å²) >= 11 is 0. The van der Waals surface area contributed by atoms with Gasteiger partial charge in [-0.3, -0.25) is 4.79 Å². The second kappa shape index (κ2) is 5.78. The SMILES string of the molecule is CNc1cc(C(=O)Nc2ccc(C(F)(F)F)nc2)ccn1. The Hall–Kier alpha value is -2.64. The lowest BCUT2D eigenvalue weighted by molar-refractivity contribution is -0.141. The lowest BCUT2D eigenvalue weighted by atomic mass is 10.2. The highest BCUT2D eigenvalue weighted by atomic mass is 19.4. The maximum Gasteiger partial charge on any atom is 0.433 e. The molecule has 2 aromatic rings. The van der Waals surface area contributed by atoms with Crippen LogP contribution in [0.1, 0.15) is 16.1 Å². The standard InChI is InChI=1S/C13H11F3N4O/c1-17-11-6-8(4-5-18-11)12(21)20-9-2-3-10(19-7-9)13(14,15)16/h2-7H,1H3,(H,17,18)(H,20,21). The number of halogens is 3. The fourth-order valence-electron chi connectivity index (χ4n) is 1.55. The molecule has 0 aromatic carbocycles. The molecule has 0 radical (unpaired) electrons. The lowest BCUT2D eigenvalue weighted by Crippen LogP contribution is -2.13. The van der Waals surface area contributed by atoms with E-state index >= 15 is 0 Å². The molecule has 2 N–H and O–H groups in total. The predicted octanol–water partition coefficient (Wildman–Crippen LogP) is 2.79. The number of amides is 1. The number of rotatable bonds is 3. The zero-order chi connectivity index (χ0) is 15.5. The number of alkyl halides is 3. The van der Waals surface area contributed by atoms with Crippen LogP contribution >= 0.6 is 0 Å². The maximum absolute atomic E-state index is 12.4. The summed E-state index contributed by atoms with van der Waals surface area (Å²) in [6.45, 7) is 0. The summed E-state index contributed by atoms with van der Waals surface area (Å²) in [5.41, 5.74) is -0.507. The monoisotopic (exact) mass is 296 g/mol. The Morgan fingerprint density at radius 1 is 1.19 bits per heavy atom. The molecule has 0 bridgehead atoms. The molecule has 0 saturated carbocycles. The Bertz CT molecular complexity index is 641. The van der Waals surface area contributed by atoms with Crippen molar-refractivity contribution in [3.63, 3.8) is 0 Å². The fourth-order valence-corrected chi connectivity index (χ4v) is 1.55. The van der Waals surface area contributed by atoms with Crippen LogP contribution in [0.2, 0.25) is 0 Å². The average molecular weight is 296 g/mol. The Balaban J connectivity index is 2.12. The molecule has 0 aliphatic heterocycles. The predicted molar refractivity (Wildman–Crippen MR) is 71.0 cm³/mol. The zero-order valence-electron chi connectivity index (χ0n) is 10.9. The molecule has 0 atom stereocenters. The fraction of sp³-hybridized carbons (Fsp3) is 0.154. The summed E-state index contributed by atoms with van der Waals surface area (Å²) in [5, 5.41) is 5.25. The topological polar surface area (TPSA) is 66.9 Å². The highest BCUT2D eigenvalue weighted by Crippen LogP contribution is 2.27. The third-order valence-electron chi connectivity index (χ3n) is 2.59. The molecular weight excluding hydrogens is 285 g/mol. The number of hydrogen-bond acceptors (Lipinski definition) is 4. The van der Waals surface area contributed by atoms with Gasteiger partial charge in [0.05, 0.1) is 11.9 Å². The summed E-state index contributed by atoms with van der Waals surface area (Å²) in [7, 11) is 1.66. The number of carbonyl (C=O) groups is 1. The van der Waals surface area contributed by atoms with Crippen LogP contribution in [0.3, 0.4) is 0 Å². The van der Waals surface area contributed by atoms with Gasteiger partial charge in [-0.2, -0.15) is 13.2 Å². The number of pyridine rings is 2. The molecule has 110 valence electrons. The van der Waals surface area contributed by atoms with Gasteiger partial charge < -0.3 is 10.6 Å². The number of anilines is 2. The molecule has 0 aliphatic carbocycles. The first-order valence-electron chi connectivity index (χ1n) is 5.88. The smallest absolute Gasteiger partial charge is 0.373 e. The van der Waals surface area contributed by atoms with E-state index in [0.29, 0.717) is 11.4 Å². The third-order valence-corrected chi connectivity index (χ3v) is 2.59. The summed E-state index contributed by atoms with van der Waals surface area (Å²) in [5.74, 6) is 0.0450. The van der Waals surface area contributed by atoms with E-state index < -0.39 is 17.8 Å². The highest BCUT2D eigenvalue weighted by molar-refractivity contribution is 6.04. The van der Waals surface area contributed by atoms with Gasteiger partial charge in [-0.25, -0.2) is 9.97 Å². The van der Waals surface area contributed by atoms with Crippen molar-refractivity contribution in [2.45, 2.75) is 6.18 Å². The van der Waals surface area contributed by atoms with Crippen LogP contribution in [0.5, 0.6) is 0 Å². The minimum atomic E-state index is -4.50. The Morgan fingerprint density at radius 3 is 2.52 bits per heavy atom. The molecule has 8 heteroatoms. The van der Waals surface area contributed by atoms with Crippen LogP contribution in [0.4, 0.5) is 24.7 Å². The molecule has 0 unspecified atom stereocenters. The molecule has 2 aromatic heterocycles. The van der Waals surface area contributed by atoms with Crippen molar-refractivity contribution in [3.05, 3.63) is 47.9 Å². The van der Waals surface area contributed by atoms with Crippen molar-refractivity contribution in [2.24, 2.45) is 0 Å². The second-order valence-corrected chi connectivity index (χ2v) is 4.06. The maximum atomic E-state index is 12.4. The van der Waals surface area contributed by atoms with Crippen LogP contribution < -0.4 is 10.6 Å². The first-order valence-corrected chi connectivity index (χ1v) is 5.88. The van der Waals surface area contributed by atoms with Crippen LogP contribution in [0.15, 0.2) is 36.7 Å². The van der Waals surface area contributed by atoms with E-state index in [-0.39, 0.29) is 5.69 Å². The van der Waals surface area contributed by atoms with Crippen molar-refractivity contribution >= 4 is 17.4 Å². The normalized spacial score (nSPS) is 11.0. The van der Waals surface area contributed by atoms with E-state index in [1.54, 1.807) is 7.05 Å². The van der Waals surface area contributed by atoms with Crippen molar-refractivity contribution in [1.29, 1.82) is 0 Å². The molecule has 5 nitrogen and oxygen atoms in total. The van der Waals surface area contributed by atoms with Gasteiger partial charge >= 0.3 is 6.18 Å². The van der Waals surface area contributed by atoms with E-state index in [1.807, 2.05) is 0 Å². The van der Waals surface area contributed by atoms with Gasteiger partial charge in [-0.05, 0) is 24.3 Å². The molecule has 0 aliphatic rings. The van der Waals surface area contributed by atoms with E-state index in [1.165, 1.54) is 18.3 Å². The summed E-state index contributed by atoms with van der Waals surface area (Å²) in [6.07, 6.45) is -2.10. The summed E-state index contributed by atoms with van der Waals surface area (Å²) in [6, 6.07) is 4.97. The Kier molecular flexibility index (Phi) is 4.06. The van der Waals surface area contributed by atoms with Crippen molar-refractivity contribution in [1.82, 2.24) is 9.97 Å². The van der Waals surface area contributed by atoms with E-state index in [4.69, 9.17) is 0 Å². The van der Waals surface area contributed by atoms with Gasteiger partial charge in [0.15, 0.2) is 0 Å². The van der Waals surface area contributed by atoms with Crippen molar-refractivity contribution in [3.8, 4) is 0 Å². The van der Waals surface area contributed by atoms with E-state index in [2.05, 4.69) is 20.6 Å². The van der Waals surface area contributed by atoms with E-state index in [0.717, 1.165) is 18.3 Å². The second-order valence-electron chi connectivity index (χ2n) is 4.06. The van der Waals surface area contributed by atoms with E-state index in [9.17, 15) is 18.0 Å². The van der Waals surface area contributed by atoms with Crippen molar-refractivity contribution in [2.75, 3.05) is 17.7 Å². The number of carbonyl (C=O) groups excluding carboxylic acids is 1. The van der Waals surface area contributed by atoms with Crippen LogP contribution in [0.25, 0.3) is 0 Å². The molecule has 0 fully saturated rings. The molecule has 2 rings (SSSR count). The molecule has 2 heterocycles. The van der Waals surface area contributed by atoms with Gasteiger partial charge in [0.1, 0.15) is 11.5 Å². The number of hydrogen-bond donors (Lipinski definition) is 2. The van der Waals surface area contributed by atoms with Gasteiger partial charge in [0.25, 0.3) is 5.91 Å². The number of aromatic nitrogens is 2. The first kappa shape index (κ1) is 14.8. The van der Waals surface area contributed by atoms with Gasteiger partial charge in [0.2, 0.25) is 0 Å². The summed E-state index contributed by atoms with van der Waals surface area (Å²) in [4.78, 5) is 19.2. The van der Waals surface area contributed by atoms with Gasteiger partial charge in [-0.15, -0.1) is 0 Å².